The second kappa shape index (κ2) is 2.80. The highest BCUT2D eigenvalue weighted by molar-refractivity contribution is 6.30. The van der Waals surface area contributed by atoms with Gasteiger partial charge in [-0.2, -0.15) is 0 Å². The lowest BCUT2D eigenvalue weighted by Gasteiger charge is -1.93. The van der Waals surface area contributed by atoms with Crippen LogP contribution in [0, 0.1) is 0 Å². The number of halogens is 1. The molecule has 0 aliphatic heterocycles. The SMILES string of the molecule is NCc1cncc(Cl)c1. The Morgan fingerprint density at radius 2 is 2.33 bits per heavy atom. The molecule has 1 aromatic heterocycles. The quantitative estimate of drug-likeness (QED) is 0.640. The van der Waals surface area contributed by atoms with Crippen molar-refractivity contribution in [3.63, 3.8) is 0 Å². The molecule has 3 heteroatoms. The molecular weight excluding hydrogens is 136 g/mol. The van der Waals surface area contributed by atoms with Gasteiger partial charge in [-0.1, -0.05) is 11.6 Å². The van der Waals surface area contributed by atoms with Gasteiger partial charge in [0.05, 0.1) is 5.02 Å². The van der Waals surface area contributed by atoms with Gasteiger partial charge in [0.2, 0.25) is 0 Å². The average molecular weight is 143 g/mol. The summed E-state index contributed by atoms with van der Waals surface area (Å²) in [5.41, 5.74) is 6.28. The van der Waals surface area contributed by atoms with Gasteiger partial charge in [0, 0.05) is 18.9 Å². The second-order valence-electron chi connectivity index (χ2n) is 1.72. The number of hydrogen-bond acceptors (Lipinski definition) is 2. The van der Waals surface area contributed by atoms with Crippen LogP contribution < -0.4 is 5.73 Å². The van der Waals surface area contributed by atoms with Crippen molar-refractivity contribution in [2.24, 2.45) is 5.73 Å². The molecule has 1 aromatic rings. The standard InChI is InChI=1S/C6H7ClN2/c7-6-1-5(2-8)3-9-4-6/h1,3-4H,2,8H2. The number of pyridine rings is 1. The number of aromatic nitrogens is 1. The maximum absolute atomic E-state index is 5.61. The molecule has 1 heterocycles. The summed E-state index contributed by atoms with van der Waals surface area (Å²) in [5.74, 6) is 0. The molecule has 0 aliphatic carbocycles. The smallest absolute Gasteiger partial charge is 0.0592 e. The number of rotatable bonds is 1. The summed E-state index contributed by atoms with van der Waals surface area (Å²) >= 11 is 5.61. The molecule has 48 valence electrons. The van der Waals surface area contributed by atoms with Gasteiger partial charge in [-0.3, -0.25) is 4.98 Å². The Morgan fingerprint density at radius 1 is 1.56 bits per heavy atom. The Balaban J connectivity index is 2.94. The maximum atomic E-state index is 5.61. The molecule has 1 rings (SSSR count). The van der Waals surface area contributed by atoms with E-state index in [1.165, 1.54) is 0 Å². The zero-order valence-electron chi connectivity index (χ0n) is 4.84. The molecule has 0 fully saturated rings. The molecule has 0 saturated carbocycles. The van der Waals surface area contributed by atoms with E-state index in [-0.39, 0.29) is 0 Å². The van der Waals surface area contributed by atoms with E-state index in [0.717, 1.165) is 5.56 Å². The number of hydrogen-bond donors (Lipinski definition) is 1. The summed E-state index contributed by atoms with van der Waals surface area (Å²) in [7, 11) is 0. The summed E-state index contributed by atoms with van der Waals surface area (Å²) in [4.78, 5) is 3.84. The van der Waals surface area contributed by atoms with Crippen LogP contribution in [-0.4, -0.2) is 4.98 Å². The van der Waals surface area contributed by atoms with Crippen molar-refractivity contribution in [2.75, 3.05) is 0 Å². The van der Waals surface area contributed by atoms with Gasteiger partial charge in [0.1, 0.15) is 0 Å². The highest BCUT2D eigenvalue weighted by atomic mass is 35.5. The van der Waals surface area contributed by atoms with Crippen molar-refractivity contribution in [3.05, 3.63) is 29.0 Å². The van der Waals surface area contributed by atoms with E-state index in [1.54, 1.807) is 18.5 Å². The first-order chi connectivity index (χ1) is 4.33. The molecule has 0 unspecified atom stereocenters. The van der Waals surface area contributed by atoms with E-state index in [2.05, 4.69) is 4.98 Å². The van der Waals surface area contributed by atoms with Gasteiger partial charge in [-0.05, 0) is 11.6 Å². The number of nitrogens with two attached hydrogens (primary N) is 1. The summed E-state index contributed by atoms with van der Waals surface area (Å²) in [5, 5.41) is 0.637. The first-order valence-corrected chi connectivity index (χ1v) is 3.00. The third-order valence-corrected chi connectivity index (χ3v) is 1.20. The first kappa shape index (κ1) is 6.52. The van der Waals surface area contributed by atoms with Crippen molar-refractivity contribution < 1.29 is 0 Å². The van der Waals surface area contributed by atoms with E-state index in [4.69, 9.17) is 17.3 Å². The molecule has 0 bridgehead atoms. The molecule has 0 saturated heterocycles. The summed E-state index contributed by atoms with van der Waals surface area (Å²) < 4.78 is 0. The van der Waals surface area contributed by atoms with Crippen molar-refractivity contribution in [1.29, 1.82) is 0 Å². The van der Waals surface area contributed by atoms with Crippen LogP contribution in [0.2, 0.25) is 5.02 Å². The minimum absolute atomic E-state index is 0.494. The van der Waals surface area contributed by atoms with Crippen molar-refractivity contribution in [2.45, 2.75) is 6.54 Å². The van der Waals surface area contributed by atoms with Gasteiger partial charge in [0.15, 0.2) is 0 Å². The lowest BCUT2D eigenvalue weighted by Crippen LogP contribution is -1.95. The Hall–Kier alpha value is -0.600. The molecule has 9 heavy (non-hydrogen) atoms. The van der Waals surface area contributed by atoms with Crippen LogP contribution in [0.3, 0.4) is 0 Å². The van der Waals surface area contributed by atoms with Gasteiger partial charge in [-0.15, -0.1) is 0 Å². The minimum Gasteiger partial charge on any atom is -0.326 e. The molecule has 0 radical (unpaired) electrons. The summed E-state index contributed by atoms with van der Waals surface area (Å²) in [6.07, 6.45) is 3.28. The Morgan fingerprint density at radius 3 is 2.78 bits per heavy atom. The lowest BCUT2D eigenvalue weighted by molar-refractivity contribution is 1.05. The first-order valence-electron chi connectivity index (χ1n) is 2.62. The highest BCUT2D eigenvalue weighted by Gasteiger charge is 1.88. The maximum Gasteiger partial charge on any atom is 0.0592 e. The van der Waals surface area contributed by atoms with E-state index in [0.29, 0.717) is 11.6 Å². The fraction of sp³-hybridized carbons (Fsp3) is 0.167. The third-order valence-electron chi connectivity index (χ3n) is 0.997. The fourth-order valence-corrected chi connectivity index (χ4v) is 0.764. The van der Waals surface area contributed by atoms with Gasteiger partial charge in [0.25, 0.3) is 0 Å². The van der Waals surface area contributed by atoms with Gasteiger partial charge < -0.3 is 5.73 Å². The molecular formula is C6H7ClN2. The number of nitrogens with zero attached hydrogens (tertiary/aromatic N) is 1. The van der Waals surface area contributed by atoms with Gasteiger partial charge in [-0.25, -0.2) is 0 Å². The second-order valence-corrected chi connectivity index (χ2v) is 2.15. The van der Waals surface area contributed by atoms with Crippen molar-refractivity contribution in [1.82, 2.24) is 4.98 Å². The zero-order chi connectivity index (χ0) is 6.69. The monoisotopic (exact) mass is 142 g/mol. The normalized spacial score (nSPS) is 9.56. The average Bonchev–Trinajstić information content (AvgIpc) is 1.88. The van der Waals surface area contributed by atoms with E-state index < -0.39 is 0 Å². The Kier molecular flexibility index (Phi) is 2.03. The summed E-state index contributed by atoms with van der Waals surface area (Å²) in [6.45, 7) is 0.494. The third kappa shape index (κ3) is 1.66. The van der Waals surface area contributed by atoms with Crippen LogP contribution in [0.1, 0.15) is 5.56 Å². The van der Waals surface area contributed by atoms with E-state index >= 15 is 0 Å². The van der Waals surface area contributed by atoms with Crippen LogP contribution in [0.15, 0.2) is 18.5 Å². The molecule has 0 aliphatic rings. The predicted octanol–water partition coefficient (Wildman–Crippen LogP) is 1.19. The molecule has 2 nitrogen and oxygen atoms in total. The predicted molar refractivity (Wildman–Crippen MR) is 37.1 cm³/mol. The van der Waals surface area contributed by atoms with E-state index in [1.807, 2.05) is 0 Å². The van der Waals surface area contributed by atoms with Crippen LogP contribution >= 0.6 is 11.6 Å². The van der Waals surface area contributed by atoms with Crippen LogP contribution in [0.5, 0.6) is 0 Å². The minimum atomic E-state index is 0.494. The van der Waals surface area contributed by atoms with Gasteiger partial charge >= 0.3 is 0 Å². The van der Waals surface area contributed by atoms with Crippen LogP contribution in [-0.2, 0) is 6.54 Å². The molecule has 0 aromatic carbocycles. The zero-order valence-corrected chi connectivity index (χ0v) is 5.60. The molecule has 0 atom stereocenters. The Bertz CT molecular complexity index is 200. The molecule has 0 spiro atoms. The highest BCUT2D eigenvalue weighted by Crippen LogP contribution is 2.06. The topological polar surface area (TPSA) is 38.9 Å². The largest absolute Gasteiger partial charge is 0.326 e. The van der Waals surface area contributed by atoms with Crippen molar-refractivity contribution >= 4 is 11.6 Å². The Labute approximate surface area is 58.7 Å². The van der Waals surface area contributed by atoms with Crippen molar-refractivity contribution in [3.8, 4) is 0 Å². The molecule has 2 N–H and O–H groups in total. The molecule has 0 amide bonds. The lowest BCUT2D eigenvalue weighted by atomic mass is 10.3. The summed E-state index contributed by atoms with van der Waals surface area (Å²) in [6, 6.07) is 1.80. The van der Waals surface area contributed by atoms with Crippen LogP contribution in [0.25, 0.3) is 0 Å². The fourth-order valence-electron chi connectivity index (χ4n) is 0.567. The van der Waals surface area contributed by atoms with Crippen LogP contribution in [0.4, 0.5) is 0 Å². The van der Waals surface area contributed by atoms with E-state index in [9.17, 15) is 0 Å².